The van der Waals surface area contributed by atoms with Crippen molar-refractivity contribution in [1.29, 1.82) is 0 Å². The predicted molar refractivity (Wildman–Crippen MR) is 102 cm³/mol. The highest BCUT2D eigenvalue weighted by Gasteiger charge is 2.07. The summed E-state index contributed by atoms with van der Waals surface area (Å²) in [7, 11) is 0. The van der Waals surface area contributed by atoms with Crippen LogP contribution in [-0.4, -0.2) is 26.6 Å². The van der Waals surface area contributed by atoms with Gasteiger partial charge in [0.25, 0.3) is 5.91 Å². The molecule has 0 radical (unpaired) electrons. The van der Waals surface area contributed by atoms with Crippen molar-refractivity contribution in [2.45, 2.75) is 26.4 Å². The Hall–Kier alpha value is -3.48. The minimum Gasteiger partial charge on any atom is -0.352 e. The molecule has 0 fully saturated rings. The lowest BCUT2D eigenvalue weighted by molar-refractivity contribution is -0.121. The molecule has 0 aliphatic rings. The van der Waals surface area contributed by atoms with Gasteiger partial charge in [0.1, 0.15) is 12.7 Å². The van der Waals surface area contributed by atoms with E-state index >= 15 is 0 Å². The Labute approximate surface area is 157 Å². The van der Waals surface area contributed by atoms with Crippen LogP contribution in [0.5, 0.6) is 0 Å². The maximum absolute atomic E-state index is 12.3. The summed E-state index contributed by atoms with van der Waals surface area (Å²) >= 11 is 0. The zero-order chi connectivity index (χ0) is 19.1. The van der Waals surface area contributed by atoms with Crippen LogP contribution in [0.1, 0.15) is 27.9 Å². The molecular formula is C20H21N5O2. The second-order valence-corrected chi connectivity index (χ2v) is 6.21. The van der Waals surface area contributed by atoms with Gasteiger partial charge < -0.3 is 10.6 Å². The van der Waals surface area contributed by atoms with Gasteiger partial charge in [-0.05, 0) is 36.8 Å². The van der Waals surface area contributed by atoms with Crippen molar-refractivity contribution in [3.8, 4) is 0 Å². The van der Waals surface area contributed by atoms with E-state index in [4.69, 9.17) is 0 Å². The summed E-state index contributed by atoms with van der Waals surface area (Å²) in [5, 5.41) is 9.71. The number of anilines is 1. The van der Waals surface area contributed by atoms with E-state index < -0.39 is 0 Å². The standard InChI is InChI=1S/C20H21N5O2/c1-15-5-7-17(8-6-15)20(27)24-18-4-2-3-16(11-18)12-22-19(26)9-10-25-14-21-13-23-25/h2-8,11,13-14H,9-10,12H2,1H3,(H,22,26)(H,24,27). The number of carbonyl (C=O) groups excluding carboxylic acids is 2. The van der Waals surface area contributed by atoms with Crippen molar-refractivity contribution in [1.82, 2.24) is 20.1 Å². The fourth-order valence-electron chi connectivity index (χ4n) is 2.52. The Bertz CT molecular complexity index is 904. The summed E-state index contributed by atoms with van der Waals surface area (Å²) in [5.74, 6) is -0.233. The average Bonchev–Trinajstić information content (AvgIpc) is 3.19. The molecule has 3 aromatic rings. The van der Waals surface area contributed by atoms with Crippen LogP contribution in [0, 0.1) is 6.92 Å². The average molecular weight is 363 g/mol. The summed E-state index contributed by atoms with van der Waals surface area (Å²) < 4.78 is 1.61. The topological polar surface area (TPSA) is 88.9 Å². The maximum Gasteiger partial charge on any atom is 0.255 e. The van der Waals surface area contributed by atoms with Gasteiger partial charge in [0.05, 0.1) is 6.54 Å². The first kappa shape index (κ1) is 18.3. The molecule has 0 saturated carbocycles. The summed E-state index contributed by atoms with van der Waals surface area (Å²) in [5.41, 5.74) is 3.31. The summed E-state index contributed by atoms with van der Waals surface area (Å²) in [6.07, 6.45) is 3.34. The molecule has 7 nitrogen and oxygen atoms in total. The molecule has 2 aromatic carbocycles. The fraction of sp³-hybridized carbons (Fsp3) is 0.200. The van der Waals surface area contributed by atoms with E-state index in [1.807, 2.05) is 43.3 Å². The quantitative estimate of drug-likeness (QED) is 0.675. The third kappa shape index (κ3) is 5.50. The molecule has 1 aromatic heterocycles. The number of nitrogens with one attached hydrogen (secondary N) is 2. The van der Waals surface area contributed by atoms with Crippen LogP contribution in [0.4, 0.5) is 5.69 Å². The number of hydrogen-bond acceptors (Lipinski definition) is 4. The molecule has 2 N–H and O–H groups in total. The second-order valence-electron chi connectivity index (χ2n) is 6.21. The van der Waals surface area contributed by atoms with Crippen molar-refractivity contribution in [3.63, 3.8) is 0 Å². The van der Waals surface area contributed by atoms with Crippen molar-refractivity contribution in [2.24, 2.45) is 0 Å². The van der Waals surface area contributed by atoms with Gasteiger partial charge in [-0.1, -0.05) is 29.8 Å². The lowest BCUT2D eigenvalue weighted by Gasteiger charge is -2.09. The Morgan fingerprint density at radius 3 is 2.67 bits per heavy atom. The molecular weight excluding hydrogens is 342 g/mol. The molecule has 1 heterocycles. The van der Waals surface area contributed by atoms with Gasteiger partial charge in [-0.25, -0.2) is 4.98 Å². The van der Waals surface area contributed by atoms with Gasteiger partial charge in [-0.15, -0.1) is 0 Å². The highest BCUT2D eigenvalue weighted by Crippen LogP contribution is 2.13. The van der Waals surface area contributed by atoms with Crippen molar-refractivity contribution < 1.29 is 9.59 Å². The van der Waals surface area contributed by atoms with E-state index in [9.17, 15) is 9.59 Å². The minimum atomic E-state index is -0.163. The van der Waals surface area contributed by atoms with E-state index in [1.165, 1.54) is 6.33 Å². The molecule has 0 aliphatic heterocycles. The number of aryl methyl sites for hydroxylation is 2. The second kappa shape index (κ2) is 8.75. The zero-order valence-corrected chi connectivity index (χ0v) is 15.1. The molecule has 7 heteroatoms. The van der Waals surface area contributed by atoms with Crippen molar-refractivity contribution >= 4 is 17.5 Å². The Morgan fingerprint density at radius 2 is 1.93 bits per heavy atom. The number of rotatable bonds is 7. The molecule has 0 spiro atoms. The number of amides is 2. The normalized spacial score (nSPS) is 10.4. The summed E-state index contributed by atoms with van der Waals surface area (Å²) in [6.45, 7) is 2.86. The predicted octanol–water partition coefficient (Wildman–Crippen LogP) is 2.55. The molecule has 2 amide bonds. The van der Waals surface area contributed by atoms with E-state index in [2.05, 4.69) is 20.7 Å². The molecule has 27 heavy (non-hydrogen) atoms. The van der Waals surface area contributed by atoms with Crippen LogP contribution < -0.4 is 10.6 Å². The zero-order valence-electron chi connectivity index (χ0n) is 15.1. The van der Waals surface area contributed by atoms with E-state index in [1.54, 1.807) is 23.1 Å². The number of nitrogens with zero attached hydrogens (tertiary/aromatic N) is 3. The van der Waals surface area contributed by atoms with Crippen LogP contribution in [0.3, 0.4) is 0 Å². The largest absolute Gasteiger partial charge is 0.352 e. The number of hydrogen-bond donors (Lipinski definition) is 2. The third-order valence-corrected chi connectivity index (χ3v) is 4.02. The fourth-order valence-corrected chi connectivity index (χ4v) is 2.52. The van der Waals surface area contributed by atoms with Gasteiger partial charge in [-0.3, -0.25) is 14.3 Å². The Balaban J connectivity index is 1.51. The van der Waals surface area contributed by atoms with Gasteiger partial charge in [0.2, 0.25) is 5.91 Å². The number of benzene rings is 2. The van der Waals surface area contributed by atoms with E-state index in [0.717, 1.165) is 11.1 Å². The van der Waals surface area contributed by atoms with Crippen molar-refractivity contribution in [2.75, 3.05) is 5.32 Å². The van der Waals surface area contributed by atoms with Gasteiger partial charge in [0.15, 0.2) is 0 Å². The van der Waals surface area contributed by atoms with E-state index in [0.29, 0.717) is 30.8 Å². The first-order chi connectivity index (χ1) is 13.1. The van der Waals surface area contributed by atoms with Crippen LogP contribution in [-0.2, 0) is 17.9 Å². The lowest BCUT2D eigenvalue weighted by Crippen LogP contribution is -2.24. The van der Waals surface area contributed by atoms with Gasteiger partial charge in [0, 0.05) is 24.2 Å². The van der Waals surface area contributed by atoms with Gasteiger partial charge in [-0.2, -0.15) is 5.10 Å². The molecule has 3 rings (SSSR count). The molecule has 0 atom stereocenters. The van der Waals surface area contributed by atoms with Crippen LogP contribution >= 0.6 is 0 Å². The lowest BCUT2D eigenvalue weighted by atomic mass is 10.1. The third-order valence-electron chi connectivity index (χ3n) is 4.02. The number of aromatic nitrogens is 3. The molecule has 0 aliphatic carbocycles. The van der Waals surface area contributed by atoms with Crippen LogP contribution in [0.25, 0.3) is 0 Å². The van der Waals surface area contributed by atoms with Crippen molar-refractivity contribution in [3.05, 3.63) is 77.9 Å². The van der Waals surface area contributed by atoms with Crippen LogP contribution in [0.2, 0.25) is 0 Å². The highest BCUT2D eigenvalue weighted by atomic mass is 16.2. The van der Waals surface area contributed by atoms with Gasteiger partial charge >= 0.3 is 0 Å². The number of carbonyl (C=O) groups is 2. The summed E-state index contributed by atoms with van der Waals surface area (Å²) in [6, 6.07) is 14.8. The molecule has 0 saturated heterocycles. The first-order valence-electron chi connectivity index (χ1n) is 8.66. The van der Waals surface area contributed by atoms with Crippen LogP contribution in [0.15, 0.2) is 61.2 Å². The first-order valence-corrected chi connectivity index (χ1v) is 8.66. The summed E-state index contributed by atoms with van der Waals surface area (Å²) in [4.78, 5) is 28.1. The highest BCUT2D eigenvalue weighted by molar-refractivity contribution is 6.04. The monoisotopic (exact) mass is 363 g/mol. The molecule has 0 unspecified atom stereocenters. The maximum atomic E-state index is 12.3. The SMILES string of the molecule is Cc1ccc(C(=O)Nc2cccc(CNC(=O)CCn3cncn3)c2)cc1. The Morgan fingerprint density at radius 1 is 1.11 bits per heavy atom. The molecule has 138 valence electrons. The Kier molecular flexibility index (Phi) is 5.94. The van der Waals surface area contributed by atoms with E-state index in [-0.39, 0.29) is 11.8 Å². The molecule has 0 bridgehead atoms. The smallest absolute Gasteiger partial charge is 0.255 e. The minimum absolute atomic E-state index is 0.0698.